The third kappa shape index (κ3) is 2.60. The average Bonchev–Trinajstić information content (AvgIpc) is 1.80. The van der Waals surface area contributed by atoms with Gasteiger partial charge in [-0.3, -0.25) is 4.79 Å². The Morgan fingerprint density at radius 1 is 1.60 bits per heavy atom. The molecule has 0 saturated carbocycles. The van der Waals surface area contributed by atoms with Gasteiger partial charge in [0.05, 0.1) is 6.54 Å². The van der Waals surface area contributed by atoms with Crippen molar-refractivity contribution >= 4 is 16.6 Å². The largest absolute Gasteiger partial charge is 0.301 e. The Bertz CT molecular complexity index is 221. The van der Waals surface area contributed by atoms with Gasteiger partial charge in [0.15, 0.2) is 0 Å². The van der Waals surface area contributed by atoms with Gasteiger partial charge in [-0.15, -0.1) is 6.58 Å². The van der Waals surface area contributed by atoms with E-state index >= 15 is 0 Å². The van der Waals surface area contributed by atoms with E-state index in [9.17, 15) is 13.2 Å². The molecule has 1 amide bonds. The molecular formula is C4H8N2O3S. The highest BCUT2D eigenvalue weighted by Crippen LogP contribution is 1.87. The van der Waals surface area contributed by atoms with Gasteiger partial charge in [0, 0.05) is 0 Å². The van der Waals surface area contributed by atoms with Crippen LogP contribution in [0.3, 0.4) is 0 Å². The predicted molar refractivity (Wildman–Crippen MR) is 36.1 cm³/mol. The van der Waals surface area contributed by atoms with Crippen molar-refractivity contribution in [3.63, 3.8) is 0 Å². The smallest absolute Gasteiger partial charge is 0.278 e. The number of amides is 1. The van der Waals surface area contributed by atoms with Crippen LogP contribution in [-0.4, -0.2) is 25.7 Å². The van der Waals surface area contributed by atoms with Gasteiger partial charge in [0.2, 0.25) is 6.41 Å². The van der Waals surface area contributed by atoms with Crippen LogP contribution in [0, 0.1) is 0 Å². The molecule has 0 atom stereocenters. The molecule has 0 aliphatic heterocycles. The number of carbonyl (C=O) groups is 1. The topological polar surface area (TPSA) is 80.5 Å². The number of rotatable bonds is 4. The van der Waals surface area contributed by atoms with Gasteiger partial charge in [-0.2, -0.15) is 8.42 Å². The number of hydrogen-bond donors (Lipinski definition) is 1. The van der Waals surface area contributed by atoms with Gasteiger partial charge in [0.25, 0.3) is 0 Å². The molecule has 0 aromatic carbocycles. The second-order valence-corrected chi connectivity index (χ2v) is 3.01. The second kappa shape index (κ2) is 3.33. The maximum absolute atomic E-state index is 10.4. The fourth-order valence-corrected chi connectivity index (χ4v) is 0.767. The summed E-state index contributed by atoms with van der Waals surface area (Å²) in [5.74, 6) is 0. The number of carbonyl (C=O) groups excluding carboxylic acids is 1. The molecule has 0 spiro atoms. The normalized spacial score (nSPS) is 10.5. The lowest BCUT2D eigenvalue weighted by Crippen LogP contribution is -2.35. The highest BCUT2D eigenvalue weighted by molar-refractivity contribution is 7.87. The summed E-state index contributed by atoms with van der Waals surface area (Å²) in [7, 11) is -3.88. The quantitative estimate of drug-likeness (QED) is 0.420. The minimum Gasteiger partial charge on any atom is -0.278 e. The van der Waals surface area contributed by atoms with Crippen LogP contribution in [-0.2, 0) is 15.0 Å². The molecule has 0 bridgehead atoms. The van der Waals surface area contributed by atoms with Crippen LogP contribution >= 0.6 is 0 Å². The van der Waals surface area contributed by atoms with Crippen molar-refractivity contribution in [1.82, 2.24) is 4.31 Å². The first kappa shape index (κ1) is 9.12. The first-order valence-electron chi connectivity index (χ1n) is 2.38. The molecule has 0 aromatic rings. The minimum absolute atomic E-state index is 0.0949. The van der Waals surface area contributed by atoms with Crippen LogP contribution in [0.4, 0.5) is 0 Å². The van der Waals surface area contributed by atoms with E-state index in [2.05, 4.69) is 11.7 Å². The van der Waals surface area contributed by atoms with Crippen molar-refractivity contribution in [3.05, 3.63) is 12.7 Å². The van der Waals surface area contributed by atoms with Crippen LogP contribution in [0.15, 0.2) is 12.7 Å². The molecule has 0 aromatic heterocycles. The standard InChI is InChI=1S/C4H8N2O3S/c1-2-3-6(4-7)10(5,8)9/h2,4H,1,3H2,(H2,5,8,9). The Balaban J connectivity index is 4.36. The second-order valence-electron chi connectivity index (χ2n) is 1.51. The third-order valence-corrected chi connectivity index (χ3v) is 1.64. The van der Waals surface area contributed by atoms with Gasteiger partial charge in [-0.25, -0.2) is 9.44 Å². The highest BCUT2D eigenvalue weighted by atomic mass is 32.2. The summed E-state index contributed by atoms with van der Waals surface area (Å²) in [5, 5.41) is 4.60. The van der Waals surface area contributed by atoms with E-state index in [4.69, 9.17) is 0 Å². The summed E-state index contributed by atoms with van der Waals surface area (Å²) in [5.41, 5.74) is 0. The van der Waals surface area contributed by atoms with Crippen molar-refractivity contribution in [2.45, 2.75) is 0 Å². The molecule has 0 unspecified atom stereocenters. The van der Waals surface area contributed by atoms with Gasteiger partial charge in [-0.05, 0) is 0 Å². The Morgan fingerprint density at radius 3 is 2.20 bits per heavy atom. The Labute approximate surface area is 59.3 Å². The molecule has 0 radical (unpaired) electrons. The summed E-state index contributed by atoms with van der Waals surface area (Å²) < 4.78 is 21.2. The summed E-state index contributed by atoms with van der Waals surface area (Å²) in [6.45, 7) is 3.15. The summed E-state index contributed by atoms with van der Waals surface area (Å²) in [4.78, 5) is 9.96. The lowest BCUT2D eigenvalue weighted by molar-refractivity contribution is -0.113. The van der Waals surface area contributed by atoms with E-state index in [1.807, 2.05) is 0 Å². The Hall–Kier alpha value is -0.880. The fraction of sp³-hybridized carbons (Fsp3) is 0.250. The van der Waals surface area contributed by atoms with Gasteiger partial charge in [0.1, 0.15) is 0 Å². The first-order chi connectivity index (χ1) is 4.52. The molecule has 5 nitrogen and oxygen atoms in total. The zero-order valence-electron chi connectivity index (χ0n) is 5.23. The number of hydrogen-bond acceptors (Lipinski definition) is 3. The van der Waals surface area contributed by atoms with Gasteiger partial charge < -0.3 is 0 Å². The summed E-state index contributed by atoms with van der Waals surface area (Å²) >= 11 is 0. The van der Waals surface area contributed by atoms with Crippen LogP contribution < -0.4 is 5.14 Å². The van der Waals surface area contributed by atoms with Crippen molar-refractivity contribution < 1.29 is 13.2 Å². The molecular weight excluding hydrogens is 156 g/mol. The van der Waals surface area contributed by atoms with E-state index < -0.39 is 10.2 Å². The number of nitrogens with zero attached hydrogens (tertiary/aromatic N) is 1. The van der Waals surface area contributed by atoms with Crippen molar-refractivity contribution in [1.29, 1.82) is 0 Å². The monoisotopic (exact) mass is 164 g/mol. The van der Waals surface area contributed by atoms with Crippen molar-refractivity contribution in [3.8, 4) is 0 Å². The molecule has 6 heteroatoms. The Morgan fingerprint density at radius 2 is 2.10 bits per heavy atom. The molecule has 10 heavy (non-hydrogen) atoms. The Kier molecular flexibility index (Phi) is 3.04. The summed E-state index contributed by atoms with van der Waals surface area (Å²) in [6.07, 6.45) is 1.40. The van der Waals surface area contributed by atoms with E-state index in [1.54, 1.807) is 0 Å². The van der Waals surface area contributed by atoms with Crippen LogP contribution in [0.5, 0.6) is 0 Å². The first-order valence-corrected chi connectivity index (χ1v) is 3.88. The minimum atomic E-state index is -3.88. The average molecular weight is 164 g/mol. The highest BCUT2D eigenvalue weighted by Gasteiger charge is 2.11. The molecule has 0 aliphatic rings. The molecule has 0 heterocycles. The van der Waals surface area contributed by atoms with Crippen molar-refractivity contribution in [2.75, 3.05) is 6.54 Å². The molecule has 0 saturated heterocycles. The fourth-order valence-electron chi connectivity index (χ4n) is 0.334. The maximum Gasteiger partial charge on any atom is 0.301 e. The zero-order chi connectivity index (χ0) is 8.20. The van der Waals surface area contributed by atoms with Crippen molar-refractivity contribution in [2.24, 2.45) is 5.14 Å². The maximum atomic E-state index is 10.4. The molecule has 0 aliphatic carbocycles. The van der Waals surface area contributed by atoms with E-state index in [0.717, 1.165) is 0 Å². The lowest BCUT2D eigenvalue weighted by Gasteiger charge is -2.09. The van der Waals surface area contributed by atoms with Gasteiger partial charge >= 0.3 is 10.2 Å². The van der Waals surface area contributed by atoms with E-state index in [1.165, 1.54) is 6.08 Å². The predicted octanol–water partition coefficient (Wildman–Crippen LogP) is -1.17. The lowest BCUT2D eigenvalue weighted by atomic mass is 10.6. The molecule has 0 rings (SSSR count). The SMILES string of the molecule is C=CCN(C=O)S(N)(=O)=O. The summed E-state index contributed by atoms with van der Waals surface area (Å²) in [6, 6.07) is 0. The third-order valence-electron chi connectivity index (χ3n) is 0.753. The van der Waals surface area contributed by atoms with E-state index in [-0.39, 0.29) is 13.0 Å². The molecule has 58 valence electrons. The van der Waals surface area contributed by atoms with Crippen LogP contribution in [0.25, 0.3) is 0 Å². The van der Waals surface area contributed by atoms with Crippen LogP contribution in [0.2, 0.25) is 0 Å². The zero-order valence-corrected chi connectivity index (χ0v) is 6.04. The van der Waals surface area contributed by atoms with Crippen LogP contribution in [0.1, 0.15) is 0 Å². The molecule has 2 N–H and O–H groups in total. The molecule has 0 fully saturated rings. The van der Waals surface area contributed by atoms with Gasteiger partial charge in [-0.1, -0.05) is 6.08 Å². The van der Waals surface area contributed by atoms with E-state index in [0.29, 0.717) is 4.31 Å². The number of nitrogens with two attached hydrogens (primary N) is 1.